The van der Waals surface area contributed by atoms with E-state index in [0.29, 0.717) is 6.54 Å². The maximum atomic E-state index is 12.4. The van der Waals surface area contributed by atoms with E-state index in [1.807, 2.05) is 0 Å². The van der Waals surface area contributed by atoms with Crippen molar-refractivity contribution < 1.29 is 29.4 Å². The molecule has 0 radical (unpaired) electrons. The Morgan fingerprint density at radius 3 is 1.54 bits per heavy atom. The molecule has 0 heterocycles. The van der Waals surface area contributed by atoms with Crippen LogP contribution in [0, 0.1) is 0 Å². The molecule has 0 bridgehead atoms. The first-order valence-corrected chi connectivity index (χ1v) is 14.5. The van der Waals surface area contributed by atoms with Gasteiger partial charge in [0.2, 0.25) is 11.8 Å². The molecular formula is C28H53N3O6. The van der Waals surface area contributed by atoms with Gasteiger partial charge in [-0.05, 0) is 26.3 Å². The molecule has 0 aliphatic rings. The van der Waals surface area contributed by atoms with Crippen LogP contribution in [0.1, 0.15) is 129 Å². The number of carbonyl (C=O) groups excluding carboxylic acids is 2. The minimum absolute atomic E-state index is 0.113. The molecule has 0 saturated carbocycles. The van der Waals surface area contributed by atoms with Crippen LogP contribution >= 0.6 is 0 Å². The lowest BCUT2D eigenvalue weighted by Gasteiger charge is -2.20. The maximum absolute atomic E-state index is 12.4. The molecular weight excluding hydrogens is 474 g/mol. The minimum atomic E-state index is -1.22. The number of rotatable bonds is 26. The van der Waals surface area contributed by atoms with Gasteiger partial charge in [0.15, 0.2) is 0 Å². The second-order valence-corrected chi connectivity index (χ2v) is 10.1. The van der Waals surface area contributed by atoms with Crippen molar-refractivity contribution in [1.82, 2.24) is 16.0 Å². The fourth-order valence-electron chi connectivity index (χ4n) is 4.20. The smallest absolute Gasteiger partial charge is 0.322 e. The second-order valence-electron chi connectivity index (χ2n) is 10.1. The Kier molecular flexibility index (Phi) is 22.8. The van der Waals surface area contributed by atoms with Gasteiger partial charge in [0.05, 0.1) is 6.04 Å². The third kappa shape index (κ3) is 22.7. The summed E-state index contributed by atoms with van der Waals surface area (Å²) in [5, 5.41) is 25.4. The summed E-state index contributed by atoms with van der Waals surface area (Å²) < 4.78 is 0. The third-order valence-electron chi connectivity index (χ3n) is 6.57. The Hall–Kier alpha value is -2.16. The number of carbonyl (C=O) groups is 4. The van der Waals surface area contributed by atoms with E-state index in [1.54, 1.807) is 6.92 Å². The summed E-state index contributed by atoms with van der Waals surface area (Å²) in [4.78, 5) is 46.1. The van der Waals surface area contributed by atoms with Crippen LogP contribution in [0.25, 0.3) is 0 Å². The van der Waals surface area contributed by atoms with Crippen LogP contribution in [0.4, 0.5) is 0 Å². The first kappa shape index (κ1) is 34.8. The molecule has 0 fully saturated rings. The SMILES string of the molecule is CCCCCCCCCCCCCCCCCCN[C@@H](C)C(=O)N[C@H](CCC(=O)O)C(=O)NCC(=O)O. The monoisotopic (exact) mass is 527 g/mol. The van der Waals surface area contributed by atoms with E-state index in [-0.39, 0.29) is 12.8 Å². The van der Waals surface area contributed by atoms with Gasteiger partial charge in [0, 0.05) is 6.42 Å². The normalized spacial score (nSPS) is 12.6. The molecule has 0 aromatic heterocycles. The van der Waals surface area contributed by atoms with Crippen LogP contribution in [-0.2, 0) is 19.2 Å². The number of hydrogen-bond donors (Lipinski definition) is 5. The predicted molar refractivity (Wildman–Crippen MR) is 146 cm³/mol. The van der Waals surface area contributed by atoms with Gasteiger partial charge in [-0.3, -0.25) is 19.2 Å². The van der Waals surface area contributed by atoms with Crippen LogP contribution in [0.3, 0.4) is 0 Å². The van der Waals surface area contributed by atoms with E-state index < -0.39 is 42.4 Å². The lowest BCUT2D eigenvalue weighted by atomic mass is 10.0. The topological polar surface area (TPSA) is 145 Å². The number of amides is 2. The number of unbranched alkanes of at least 4 members (excludes halogenated alkanes) is 15. The van der Waals surface area contributed by atoms with Gasteiger partial charge < -0.3 is 26.2 Å². The molecule has 37 heavy (non-hydrogen) atoms. The molecule has 0 aliphatic heterocycles. The average Bonchev–Trinajstić information content (AvgIpc) is 2.86. The Morgan fingerprint density at radius 2 is 1.11 bits per heavy atom. The van der Waals surface area contributed by atoms with Crippen molar-refractivity contribution in [1.29, 1.82) is 0 Å². The van der Waals surface area contributed by atoms with Crippen LogP contribution in [0.5, 0.6) is 0 Å². The Balaban J connectivity index is 3.81. The molecule has 0 unspecified atom stereocenters. The fraction of sp³-hybridized carbons (Fsp3) is 0.857. The predicted octanol–water partition coefficient (Wildman–Crippen LogP) is 4.78. The standard InChI is InChI=1S/C28H53N3O6/c1-3-4-5-6-7-8-9-10-11-12-13-14-15-16-17-18-21-29-23(2)27(36)31-24(19-20-25(32)33)28(37)30-22-26(34)35/h23-24,29H,3-22H2,1-2H3,(H,30,37)(H,31,36)(H,32,33)(H,34,35)/t23-,24+/m0/s1. The molecule has 0 aromatic carbocycles. The highest BCUT2D eigenvalue weighted by Crippen LogP contribution is 2.13. The van der Waals surface area contributed by atoms with Gasteiger partial charge in [0.25, 0.3) is 0 Å². The highest BCUT2D eigenvalue weighted by atomic mass is 16.4. The Labute approximate surface area is 223 Å². The molecule has 0 aliphatic carbocycles. The average molecular weight is 528 g/mol. The Bertz CT molecular complexity index is 629. The van der Waals surface area contributed by atoms with Gasteiger partial charge in [-0.2, -0.15) is 0 Å². The maximum Gasteiger partial charge on any atom is 0.322 e. The van der Waals surface area contributed by atoms with Gasteiger partial charge in [-0.1, -0.05) is 103 Å². The number of hydrogen-bond acceptors (Lipinski definition) is 5. The molecule has 0 saturated heterocycles. The van der Waals surface area contributed by atoms with Gasteiger partial charge in [-0.15, -0.1) is 0 Å². The molecule has 9 heteroatoms. The van der Waals surface area contributed by atoms with E-state index in [4.69, 9.17) is 10.2 Å². The lowest BCUT2D eigenvalue weighted by Crippen LogP contribution is -2.52. The summed E-state index contributed by atoms with van der Waals surface area (Å²) in [6, 6.07) is -1.64. The summed E-state index contributed by atoms with van der Waals surface area (Å²) in [6.45, 7) is 4.03. The second kappa shape index (κ2) is 24.2. The van der Waals surface area contributed by atoms with Gasteiger partial charge in [0.1, 0.15) is 12.6 Å². The van der Waals surface area contributed by atoms with E-state index >= 15 is 0 Å². The van der Waals surface area contributed by atoms with E-state index in [2.05, 4.69) is 22.9 Å². The highest BCUT2D eigenvalue weighted by molar-refractivity contribution is 5.91. The molecule has 216 valence electrons. The first-order chi connectivity index (χ1) is 17.8. The van der Waals surface area contributed by atoms with Gasteiger partial charge >= 0.3 is 11.9 Å². The largest absolute Gasteiger partial charge is 0.481 e. The van der Waals surface area contributed by atoms with Crippen molar-refractivity contribution in [3.63, 3.8) is 0 Å². The van der Waals surface area contributed by atoms with Crippen molar-refractivity contribution in [3.8, 4) is 0 Å². The van der Waals surface area contributed by atoms with E-state index in [0.717, 1.165) is 12.8 Å². The summed E-state index contributed by atoms with van der Waals surface area (Å²) in [7, 11) is 0. The van der Waals surface area contributed by atoms with Crippen molar-refractivity contribution >= 4 is 23.8 Å². The van der Waals surface area contributed by atoms with Crippen molar-refractivity contribution in [2.24, 2.45) is 0 Å². The molecule has 0 spiro atoms. The van der Waals surface area contributed by atoms with E-state index in [9.17, 15) is 19.2 Å². The minimum Gasteiger partial charge on any atom is -0.481 e. The van der Waals surface area contributed by atoms with Crippen LogP contribution in [0.15, 0.2) is 0 Å². The molecule has 0 aromatic rings. The van der Waals surface area contributed by atoms with Crippen LogP contribution in [0.2, 0.25) is 0 Å². The molecule has 2 atom stereocenters. The van der Waals surface area contributed by atoms with Crippen molar-refractivity contribution in [2.75, 3.05) is 13.1 Å². The molecule has 9 nitrogen and oxygen atoms in total. The zero-order valence-electron chi connectivity index (χ0n) is 23.3. The first-order valence-electron chi connectivity index (χ1n) is 14.5. The van der Waals surface area contributed by atoms with Gasteiger partial charge in [-0.25, -0.2) is 0 Å². The number of nitrogens with one attached hydrogen (secondary N) is 3. The quantitative estimate of drug-likeness (QED) is 0.102. The lowest BCUT2D eigenvalue weighted by molar-refractivity contribution is -0.140. The fourth-order valence-corrected chi connectivity index (χ4v) is 4.20. The summed E-state index contributed by atoms with van der Waals surface area (Å²) in [6.07, 6.45) is 20.4. The number of carboxylic acid groups (broad SMARTS) is 2. The number of aliphatic carboxylic acids is 2. The Morgan fingerprint density at radius 1 is 0.649 bits per heavy atom. The number of carboxylic acids is 2. The van der Waals surface area contributed by atoms with Crippen LogP contribution in [-0.4, -0.2) is 59.1 Å². The molecule has 5 N–H and O–H groups in total. The van der Waals surface area contributed by atoms with Crippen molar-refractivity contribution in [3.05, 3.63) is 0 Å². The van der Waals surface area contributed by atoms with E-state index in [1.165, 1.54) is 89.9 Å². The third-order valence-corrected chi connectivity index (χ3v) is 6.57. The highest BCUT2D eigenvalue weighted by Gasteiger charge is 2.24. The summed E-state index contributed by atoms with van der Waals surface area (Å²) in [5.74, 6) is -3.44. The van der Waals surface area contributed by atoms with Crippen LogP contribution < -0.4 is 16.0 Å². The van der Waals surface area contributed by atoms with Crippen molar-refractivity contribution in [2.45, 2.75) is 142 Å². The summed E-state index contributed by atoms with van der Waals surface area (Å²) >= 11 is 0. The zero-order chi connectivity index (χ0) is 27.7. The summed E-state index contributed by atoms with van der Waals surface area (Å²) in [5.41, 5.74) is 0. The zero-order valence-corrected chi connectivity index (χ0v) is 23.3. The molecule has 0 rings (SSSR count). The molecule has 2 amide bonds.